The molecule has 1 fully saturated rings. The molecule has 0 saturated carbocycles. The number of carbonyl (C=O) groups is 1. The molecule has 0 amide bonds. The average Bonchev–Trinajstić information content (AvgIpc) is 3.40. The number of halogens is 1. The van der Waals surface area contributed by atoms with Gasteiger partial charge in [-0.15, -0.1) is 0 Å². The number of allylic oxidation sites excluding steroid dienone is 2. The summed E-state index contributed by atoms with van der Waals surface area (Å²) >= 11 is 0. The first-order valence-electron chi connectivity index (χ1n) is 28.1. The average molecular weight is 1160 g/mol. The van der Waals surface area contributed by atoms with Crippen molar-refractivity contribution >= 4 is 5.97 Å². The van der Waals surface area contributed by atoms with E-state index in [1.807, 2.05) is 21.1 Å². The van der Waals surface area contributed by atoms with E-state index in [1.165, 1.54) is 38.5 Å². The maximum atomic E-state index is 12.4. The largest absolute Gasteiger partial charge is 1.00 e. The lowest BCUT2D eigenvalue weighted by Gasteiger charge is -2.30. The molecule has 9 N–H and O–H groups in total. The summed E-state index contributed by atoms with van der Waals surface area (Å²) in [6.45, 7) is -0.326. The molecule has 1 saturated heterocycles. The number of rotatable bonds is 55. The Morgan fingerprint density at radius 2 is 0.962 bits per heavy atom. The van der Waals surface area contributed by atoms with Crippen LogP contribution in [-0.2, 0) is 61.6 Å². The smallest absolute Gasteiger partial charge is 0.305 e. The molecule has 0 aromatic heterocycles. The van der Waals surface area contributed by atoms with Crippen LogP contribution in [0.5, 0.6) is 0 Å². The van der Waals surface area contributed by atoms with Crippen LogP contribution in [0.15, 0.2) is 12.2 Å². The van der Waals surface area contributed by atoms with Crippen LogP contribution in [0.3, 0.4) is 0 Å². The molecule has 0 aliphatic carbocycles. The summed E-state index contributed by atoms with van der Waals surface area (Å²) < 4.78 is 69.7. The van der Waals surface area contributed by atoms with Crippen LogP contribution in [0, 0.1) is 0 Å². The van der Waals surface area contributed by atoms with Crippen molar-refractivity contribution in [2.45, 2.75) is 164 Å². The van der Waals surface area contributed by atoms with Gasteiger partial charge in [0.25, 0.3) is 0 Å². The number of quaternary nitrogens is 1. The summed E-state index contributed by atoms with van der Waals surface area (Å²) in [6, 6.07) is 0. The van der Waals surface area contributed by atoms with Gasteiger partial charge in [0.15, 0.2) is 0 Å². The Morgan fingerprint density at radius 3 is 1.53 bits per heavy atom. The van der Waals surface area contributed by atoms with E-state index in [2.05, 4.69) is 19.1 Å². The fraction of sp³-hybridized carbons (Fsp3) is 0.944. The first kappa shape index (κ1) is 76.7. The van der Waals surface area contributed by atoms with Crippen molar-refractivity contribution in [3.8, 4) is 0 Å². The van der Waals surface area contributed by atoms with Gasteiger partial charge in [0.1, 0.15) is 80.3 Å². The molecule has 1 rings (SSSR count). The second-order valence-corrected chi connectivity index (χ2v) is 20.9. The Labute approximate surface area is 471 Å². The molecule has 1 aliphatic heterocycles. The van der Waals surface area contributed by atoms with Crippen LogP contribution < -0.4 is 12.4 Å². The zero-order valence-corrected chi connectivity index (χ0v) is 48.4. The van der Waals surface area contributed by atoms with E-state index >= 15 is 0 Å². The predicted octanol–water partition coefficient (Wildman–Crippen LogP) is -2.54. The maximum absolute atomic E-state index is 12.4. The molecule has 0 aromatic rings. The fourth-order valence-electron chi connectivity index (χ4n) is 7.68. The highest BCUT2D eigenvalue weighted by atomic mass is 35.5. The van der Waals surface area contributed by atoms with Gasteiger partial charge in [0.05, 0.1) is 153 Å². The minimum atomic E-state index is -1.20. The van der Waals surface area contributed by atoms with Gasteiger partial charge >= 0.3 is 5.97 Å². The monoisotopic (exact) mass is 1160 g/mol. The molecule has 11 unspecified atom stereocenters. The number of nitrogens with zero attached hydrogens (tertiary/aromatic N) is 1. The number of ether oxygens (including phenoxy) is 12. The lowest BCUT2D eigenvalue weighted by atomic mass is 10.1. The van der Waals surface area contributed by atoms with Gasteiger partial charge in [-0.1, -0.05) is 70.4 Å². The van der Waals surface area contributed by atoms with E-state index in [9.17, 15) is 45.6 Å². The summed E-state index contributed by atoms with van der Waals surface area (Å²) in [7, 11) is 5.84. The summed E-state index contributed by atoms with van der Waals surface area (Å²) in [5.74, 6) is -0.379. The van der Waals surface area contributed by atoms with Gasteiger partial charge in [-0.05, 0) is 32.1 Å². The molecule has 1 heterocycles. The Balaban J connectivity index is 0.0000593. The summed E-state index contributed by atoms with van der Waals surface area (Å²) in [5, 5.41) is 89.2. The van der Waals surface area contributed by atoms with Crippen LogP contribution in [-0.4, -0.2) is 290 Å². The van der Waals surface area contributed by atoms with Gasteiger partial charge in [-0.25, -0.2) is 0 Å². The van der Waals surface area contributed by atoms with Crippen molar-refractivity contribution in [1.82, 2.24) is 0 Å². The third-order valence-electron chi connectivity index (χ3n) is 11.8. The summed E-state index contributed by atoms with van der Waals surface area (Å²) in [4.78, 5) is 12.4. The second-order valence-electron chi connectivity index (χ2n) is 20.9. The van der Waals surface area contributed by atoms with Crippen molar-refractivity contribution < 1.29 is 124 Å². The van der Waals surface area contributed by atoms with E-state index in [0.717, 1.165) is 38.5 Å². The molecule has 466 valence electrons. The third-order valence-corrected chi connectivity index (χ3v) is 11.8. The molecule has 23 nitrogen and oxygen atoms in total. The van der Waals surface area contributed by atoms with Crippen LogP contribution in [0.4, 0.5) is 0 Å². The minimum Gasteiger partial charge on any atom is -1.00 e. The van der Waals surface area contributed by atoms with Gasteiger partial charge in [0.2, 0.25) is 0 Å². The number of esters is 1. The van der Waals surface area contributed by atoms with Crippen molar-refractivity contribution in [2.24, 2.45) is 0 Å². The van der Waals surface area contributed by atoms with Gasteiger partial charge in [-0.2, -0.15) is 0 Å². The van der Waals surface area contributed by atoms with Crippen molar-refractivity contribution in [1.29, 1.82) is 0 Å². The van der Waals surface area contributed by atoms with Crippen molar-refractivity contribution in [2.75, 3.05) is 166 Å². The highest BCUT2D eigenvalue weighted by molar-refractivity contribution is 5.69. The van der Waals surface area contributed by atoms with Gasteiger partial charge in [0, 0.05) is 6.42 Å². The molecular formula is C54H106ClNO22. The lowest BCUT2D eigenvalue weighted by Crippen LogP contribution is -3.00. The van der Waals surface area contributed by atoms with Gasteiger partial charge < -0.3 is 120 Å². The van der Waals surface area contributed by atoms with E-state index in [-0.39, 0.29) is 144 Å². The number of aliphatic hydroxyl groups excluding tert-OH is 9. The number of likely N-dealkylation sites (N-methyl/N-ethyl adjacent to an activating group) is 1. The van der Waals surface area contributed by atoms with E-state index in [1.54, 1.807) is 0 Å². The molecular weight excluding hydrogens is 1050 g/mol. The number of hydrogen-bond donors (Lipinski definition) is 9. The Bertz CT molecular complexity index is 1360. The zero-order valence-electron chi connectivity index (χ0n) is 47.6. The number of hydrogen-bond acceptors (Lipinski definition) is 22. The summed E-state index contributed by atoms with van der Waals surface area (Å²) in [6.07, 6.45) is 10.4. The van der Waals surface area contributed by atoms with Crippen LogP contribution in [0.2, 0.25) is 0 Å². The normalized spacial score (nSPS) is 18.7. The Morgan fingerprint density at radius 1 is 0.513 bits per heavy atom. The quantitative estimate of drug-likeness (QED) is 0.0131. The number of carbonyl (C=O) groups excluding carboxylic acids is 1. The van der Waals surface area contributed by atoms with Gasteiger partial charge in [-0.3, -0.25) is 4.79 Å². The highest BCUT2D eigenvalue weighted by Gasteiger charge is 2.26. The van der Waals surface area contributed by atoms with Crippen LogP contribution in [0.1, 0.15) is 96.8 Å². The third kappa shape index (κ3) is 46.2. The van der Waals surface area contributed by atoms with E-state index in [4.69, 9.17) is 61.9 Å². The molecule has 0 radical (unpaired) electrons. The molecule has 0 aromatic carbocycles. The first-order chi connectivity index (χ1) is 37.1. The maximum Gasteiger partial charge on any atom is 0.305 e. The van der Waals surface area contributed by atoms with Crippen LogP contribution in [0.25, 0.3) is 0 Å². The van der Waals surface area contributed by atoms with E-state index < -0.39 is 87.0 Å². The lowest BCUT2D eigenvalue weighted by molar-refractivity contribution is -0.873. The zero-order chi connectivity index (χ0) is 56.8. The number of aliphatic hydroxyl groups is 9. The molecule has 78 heavy (non-hydrogen) atoms. The first-order valence-corrected chi connectivity index (χ1v) is 28.1. The molecule has 0 bridgehead atoms. The molecule has 1 aliphatic rings. The summed E-state index contributed by atoms with van der Waals surface area (Å²) in [5.41, 5.74) is 0. The SMILES string of the molecule is CCCCCCCC/C=C\CCCCCCCC(=O)OCC(CO)OCC(O)COCC(COCC(COCC(O)COCC(O)CO)OC(COCC(O)C[N+](C)(C)C)COCC1COCC(CO)O1)OCC(O)CO.[Cl-]. The topological polar surface area (TPSA) is 310 Å². The standard InChI is InChI=1S/C54H106NO22.ClH/c1-5-6-7-8-9-10-11-12-13-14-15-16-17-18-19-20-54(65)75-42-48(24-58)73-32-47(64)30-68-34-50(74-31-45(62)23-57)35-71-40-53(37-69-29-46(63)28-66-27-44(61)22-56)77-52(36-67-26-43(60)21-55(2,3)4)41-72-39-51-38-70-33-49(25-59)76-51;/h12-13,43-53,56-64H,5-11,14-42H2,1-4H3;1H/q+1;/p-1/b13-12-;. The molecule has 11 atom stereocenters. The van der Waals surface area contributed by atoms with Crippen LogP contribution >= 0.6 is 0 Å². The number of unbranched alkanes of at least 4 members (excludes halogenated alkanes) is 11. The second kappa shape index (κ2) is 51.3. The Hall–Kier alpha value is -1.34. The predicted molar refractivity (Wildman–Crippen MR) is 284 cm³/mol. The molecule has 24 heteroatoms. The Kier molecular flexibility index (Phi) is 50.4. The fourth-order valence-corrected chi connectivity index (χ4v) is 7.68. The van der Waals surface area contributed by atoms with E-state index in [0.29, 0.717) is 17.4 Å². The van der Waals surface area contributed by atoms with Crippen molar-refractivity contribution in [3.63, 3.8) is 0 Å². The highest BCUT2D eigenvalue weighted by Crippen LogP contribution is 2.13. The van der Waals surface area contributed by atoms with Crippen molar-refractivity contribution in [3.05, 3.63) is 12.2 Å². The minimum absolute atomic E-state index is 0. The molecule has 0 spiro atoms.